The zero-order chi connectivity index (χ0) is 15.9. The van der Waals surface area contributed by atoms with Crippen LogP contribution in [-0.2, 0) is 0 Å². The molecule has 0 saturated heterocycles. The van der Waals surface area contributed by atoms with Gasteiger partial charge in [-0.25, -0.2) is 0 Å². The van der Waals surface area contributed by atoms with E-state index in [0.717, 1.165) is 0 Å². The number of rotatable bonds is 5. The van der Waals surface area contributed by atoms with Crippen molar-refractivity contribution in [3.63, 3.8) is 0 Å². The summed E-state index contributed by atoms with van der Waals surface area (Å²) in [6.07, 6.45) is 2.89. The molecule has 0 aliphatic rings. The number of hydrogen-bond donors (Lipinski definition) is 2. The summed E-state index contributed by atoms with van der Waals surface area (Å²) >= 11 is 23.7. The van der Waals surface area contributed by atoms with Crippen molar-refractivity contribution in [3.8, 4) is 0 Å². The van der Waals surface area contributed by atoms with Crippen molar-refractivity contribution in [1.29, 1.82) is 0 Å². The van der Waals surface area contributed by atoms with Crippen LogP contribution in [-0.4, -0.2) is 12.4 Å². The van der Waals surface area contributed by atoms with Crippen LogP contribution in [0, 0.1) is 0 Å². The monoisotopic (exact) mass is 374 g/mol. The number of anilines is 2. The second-order valence-electron chi connectivity index (χ2n) is 4.03. The minimum absolute atomic E-state index is 0.516. The third-order valence-electron chi connectivity index (χ3n) is 2.44. The largest absolute Gasteiger partial charge is 0.277 e. The number of hydrazone groups is 2. The van der Waals surface area contributed by atoms with Gasteiger partial charge in [0.05, 0.1) is 33.8 Å². The maximum atomic E-state index is 5.98. The molecule has 0 fully saturated rings. The molecule has 2 rings (SSSR count). The summed E-state index contributed by atoms with van der Waals surface area (Å²) in [5.74, 6) is 0. The summed E-state index contributed by atoms with van der Waals surface area (Å²) in [6, 6.07) is 10.1. The normalized spacial score (nSPS) is 11.3. The molecule has 0 heterocycles. The average molecular weight is 376 g/mol. The minimum atomic E-state index is 0.516. The molecule has 114 valence electrons. The first kappa shape index (κ1) is 16.9. The summed E-state index contributed by atoms with van der Waals surface area (Å²) in [7, 11) is 0. The Balaban J connectivity index is 1.89. The van der Waals surface area contributed by atoms with Crippen LogP contribution in [0.15, 0.2) is 46.6 Å². The summed E-state index contributed by atoms with van der Waals surface area (Å²) < 4.78 is 0. The summed E-state index contributed by atoms with van der Waals surface area (Å²) in [5.41, 5.74) is 6.72. The smallest absolute Gasteiger partial charge is 0.0762 e. The van der Waals surface area contributed by atoms with E-state index in [1.807, 2.05) is 0 Å². The molecule has 4 nitrogen and oxygen atoms in total. The van der Waals surface area contributed by atoms with Gasteiger partial charge in [0.2, 0.25) is 0 Å². The minimum Gasteiger partial charge on any atom is -0.277 e. The number of benzene rings is 2. The van der Waals surface area contributed by atoms with E-state index in [4.69, 9.17) is 46.4 Å². The molecule has 8 heteroatoms. The van der Waals surface area contributed by atoms with Gasteiger partial charge < -0.3 is 0 Å². The standard InChI is InChI=1S/C14H10Cl4N4/c15-9-1-3-11(17)13(7-9)21-19-5-6-20-22-14-8-10(16)2-4-12(14)18/h1-8,21-22H. The van der Waals surface area contributed by atoms with Gasteiger partial charge in [0, 0.05) is 10.0 Å². The predicted octanol–water partition coefficient (Wildman–Crippen LogP) is 5.80. The van der Waals surface area contributed by atoms with Crippen LogP contribution < -0.4 is 10.9 Å². The van der Waals surface area contributed by atoms with Crippen LogP contribution in [0.4, 0.5) is 11.4 Å². The molecule has 0 radical (unpaired) electrons. The van der Waals surface area contributed by atoms with Crippen molar-refractivity contribution in [2.75, 3.05) is 10.9 Å². The van der Waals surface area contributed by atoms with E-state index < -0.39 is 0 Å². The number of halogens is 4. The third kappa shape index (κ3) is 5.07. The quantitative estimate of drug-likeness (QED) is 0.512. The fourth-order valence-electron chi connectivity index (χ4n) is 1.45. The van der Waals surface area contributed by atoms with Gasteiger partial charge in [-0.15, -0.1) is 0 Å². The fourth-order valence-corrected chi connectivity index (χ4v) is 2.11. The molecule has 0 amide bonds. The molecule has 0 bridgehead atoms. The van der Waals surface area contributed by atoms with Gasteiger partial charge in [-0.3, -0.25) is 10.9 Å². The molecule has 0 aromatic heterocycles. The molecule has 0 spiro atoms. The average Bonchev–Trinajstić information content (AvgIpc) is 2.49. The van der Waals surface area contributed by atoms with Crippen molar-refractivity contribution in [2.45, 2.75) is 0 Å². The SMILES string of the molecule is Clc1ccc(Cl)c(NN=CC=NNc2cc(Cl)ccc2Cl)c1. The maximum Gasteiger partial charge on any atom is 0.0762 e. The second kappa shape index (κ2) is 8.25. The molecule has 0 unspecified atom stereocenters. The van der Waals surface area contributed by atoms with Crippen molar-refractivity contribution >= 4 is 70.2 Å². The zero-order valence-electron chi connectivity index (χ0n) is 11.0. The van der Waals surface area contributed by atoms with Crippen molar-refractivity contribution in [2.24, 2.45) is 10.2 Å². The highest BCUT2D eigenvalue weighted by atomic mass is 35.5. The highest BCUT2D eigenvalue weighted by molar-refractivity contribution is 6.35. The summed E-state index contributed by atoms with van der Waals surface area (Å²) in [4.78, 5) is 0. The van der Waals surface area contributed by atoms with Crippen molar-refractivity contribution in [3.05, 3.63) is 56.5 Å². The molecule has 2 aromatic carbocycles. The van der Waals surface area contributed by atoms with Crippen molar-refractivity contribution in [1.82, 2.24) is 0 Å². The molecule has 0 aliphatic heterocycles. The lowest BCUT2D eigenvalue weighted by Crippen LogP contribution is -1.94. The Morgan fingerprint density at radius 3 is 1.50 bits per heavy atom. The van der Waals surface area contributed by atoms with E-state index in [1.165, 1.54) is 12.4 Å². The lowest BCUT2D eigenvalue weighted by molar-refractivity contribution is 1.34. The lowest BCUT2D eigenvalue weighted by atomic mass is 10.3. The van der Waals surface area contributed by atoms with Gasteiger partial charge in [-0.05, 0) is 36.4 Å². The molecular weight excluding hydrogens is 366 g/mol. The fraction of sp³-hybridized carbons (Fsp3) is 0. The first-order chi connectivity index (χ1) is 10.6. The van der Waals surface area contributed by atoms with Crippen LogP contribution in [0.3, 0.4) is 0 Å². The molecule has 22 heavy (non-hydrogen) atoms. The van der Waals surface area contributed by atoms with Crippen LogP contribution in [0.2, 0.25) is 20.1 Å². The number of hydrogen-bond acceptors (Lipinski definition) is 4. The Morgan fingerprint density at radius 1 is 0.682 bits per heavy atom. The van der Waals surface area contributed by atoms with E-state index in [9.17, 15) is 0 Å². The molecule has 2 aromatic rings. The van der Waals surface area contributed by atoms with E-state index in [1.54, 1.807) is 36.4 Å². The maximum absolute atomic E-state index is 5.98. The molecule has 0 saturated carbocycles. The Bertz CT molecular complexity index is 654. The first-order valence-electron chi connectivity index (χ1n) is 6.03. The summed E-state index contributed by atoms with van der Waals surface area (Å²) in [5, 5.41) is 10.1. The Morgan fingerprint density at radius 2 is 1.09 bits per heavy atom. The lowest BCUT2D eigenvalue weighted by Gasteiger charge is -2.03. The van der Waals surface area contributed by atoms with Crippen LogP contribution in [0.25, 0.3) is 0 Å². The van der Waals surface area contributed by atoms with Gasteiger partial charge in [0.25, 0.3) is 0 Å². The van der Waals surface area contributed by atoms with Gasteiger partial charge in [-0.2, -0.15) is 10.2 Å². The van der Waals surface area contributed by atoms with E-state index in [-0.39, 0.29) is 0 Å². The van der Waals surface area contributed by atoms with Gasteiger partial charge in [0.1, 0.15) is 0 Å². The highest BCUT2D eigenvalue weighted by Crippen LogP contribution is 2.26. The van der Waals surface area contributed by atoms with Gasteiger partial charge >= 0.3 is 0 Å². The van der Waals surface area contributed by atoms with Crippen LogP contribution in [0.1, 0.15) is 0 Å². The predicted molar refractivity (Wildman–Crippen MR) is 97.2 cm³/mol. The first-order valence-corrected chi connectivity index (χ1v) is 7.54. The van der Waals surface area contributed by atoms with E-state index in [2.05, 4.69) is 21.1 Å². The Kier molecular flexibility index (Phi) is 6.34. The molecular formula is C14H10Cl4N4. The molecule has 0 aliphatic carbocycles. The molecule has 2 N–H and O–H groups in total. The molecule has 0 atom stereocenters. The van der Waals surface area contributed by atoms with Crippen LogP contribution >= 0.6 is 46.4 Å². The summed E-state index contributed by atoms with van der Waals surface area (Å²) in [6.45, 7) is 0. The van der Waals surface area contributed by atoms with Gasteiger partial charge in [0.15, 0.2) is 0 Å². The third-order valence-corrected chi connectivity index (χ3v) is 3.57. The Hall–Kier alpha value is -1.46. The highest BCUT2D eigenvalue weighted by Gasteiger charge is 1.99. The zero-order valence-corrected chi connectivity index (χ0v) is 14.0. The van der Waals surface area contributed by atoms with Crippen molar-refractivity contribution < 1.29 is 0 Å². The number of nitrogens with one attached hydrogen (secondary N) is 2. The topological polar surface area (TPSA) is 48.8 Å². The van der Waals surface area contributed by atoms with E-state index in [0.29, 0.717) is 31.5 Å². The van der Waals surface area contributed by atoms with E-state index >= 15 is 0 Å². The second-order valence-corrected chi connectivity index (χ2v) is 5.72. The van der Waals surface area contributed by atoms with Crippen LogP contribution in [0.5, 0.6) is 0 Å². The number of nitrogens with zero attached hydrogens (tertiary/aromatic N) is 2. The Labute approximate surface area is 147 Å². The van der Waals surface area contributed by atoms with Gasteiger partial charge in [-0.1, -0.05) is 46.4 Å².